The molecule has 0 unspecified atom stereocenters. The van der Waals surface area contributed by atoms with Crippen molar-refractivity contribution >= 4 is 23.2 Å². The average molecular weight is 354 g/mol. The van der Waals surface area contributed by atoms with E-state index in [2.05, 4.69) is 12.1 Å². The van der Waals surface area contributed by atoms with Crippen LogP contribution in [0.2, 0.25) is 0 Å². The second kappa shape index (κ2) is 6.64. The molecule has 0 atom stereocenters. The number of carbonyl (C=O) groups is 2. The molecule has 2 fully saturated rings. The van der Waals surface area contributed by atoms with Crippen LogP contribution in [0.5, 0.6) is 0 Å². The van der Waals surface area contributed by atoms with Crippen molar-refractivity contribution in [3.8, 4) is 0 Å². The van der Waals surface area contributed by atoms with E-state index < -0.39 is 0 Å². The topological polar surface area (TPSA) is 40.6 Å². The van der Waals surface area contributed by atoms with Crippen LogP contribution < -0.4 is 0 Å². The molecule has 2 aliphatic rings. The van der Waals surface area contributed by atoms with Gasteiger partial charge in [-0.3, -0.25) is 9.59 Å². The van der Waals surface area contributed by atoms with Gasteiger partial charge in [-0.2, -0.15) is 11.3 Å². The molecule has 1 aromatic heterocycles. The van der Waals surface area contributed by atoms with E-state index in [-0.39, 0.29) is 17.2 Å². The second-order valence-corrected chi connectivity index (χ2v) is 7.68. The first kappa shape index (κ1) is 16.3. The predicted octanol–water partition coefficient (Wildman–Crippen LogP) is 3.15. The van der Waals surface area contributed by atoms with Crippen molar-refractivity contribution in [3.05, 3.63) is 58.3 Å². The highest BCUT2D eigenvalue weighted by molar-refractivity contribution is 7.08. The van der Waals surface area contributed by atoms with Crippen LogP contribution in [0.4, 0.5) is 0 Å². The van der Waals surface area contributed by atoms with Gasteiger partial charge in [-0.15, -0.1) is 0 Å². The molecular formula is C20H22N2O2S. The van der Waals surface area contributed by atoms with Gasteiger partial charge in [-0.25, -0.2) is 0 Å². The van der Waals surface area contributed by atoms with Gasteiger partial charge in [0.05, 0.1) is 11.0 Å². The predicted molar refractivity (Wildman–Crippen MR) is 98.8 cm³/mol. The largest absolute Gasteiger partial charge is 0.340 e. The van der Waals surface area contributed by atoms with Gasteiger partial charge < -0.3 is 9.80 Å². The first-order valence-corrected chi connectivity index (χ1v) is 9.81. The molecule has 0 N–H and O–H groups in total. The van der Waals surface area contributed by atoms with Crippen LogP contribution >= 0.6 is 11.3 Å². The third-order valence-corrected chi connectivity index (χ3v) is 6.01. The maximum absolute atomic E-state index is 13.2. The van der Waals surface area contributed by atoms with Crippen molar-refractivity contribution in [2.45, 2.75) is 24.7 Å². The molecule has 1 saturated carbocycles. The Labute approximate surface area is 152 Å². The molecule has 0 bridgehead atoms. The Morgan fingerprint density at radius 2 is 1.64 bits per heavy atom. The van der Waals surface area contributed by atoms with Gasteiger partial charge in [0.25, 0.3) is 5.91 Å². The summed E-state index contributed by atoms with van der Waals surface area (Å²) in [7, 11) is 0. The number of rotatable bonds is 3. The lowest BCUT2D eigenvalue weighted by molar-refractivity contribution is -0.133. The molecule has 1 saturated heterocycles. The van der Waals surface area contributed by atoms with Gasteiger partial charge in [-0.1, -0.05) is 30.3 Å². The van der Waals surface area contributed by atoms with Gasteiger partial charge in [-0.05, 0) is 36.3 Å². The van der Waals surface area contributed by atoms with Gasteiger partial charge in [0.2, 0.25) is 5.91 Å². The lowest BCUT2D eigenvalue weighted by Gasteiger charge is -2.26. The fraction of sp³-hybridized carbons (Fsp3) is 0.400. The summed E-state index contributed by atoms with van der Waals surface area (Å²) in [5.41, 5.74) is 1.58. The maximum atomic E-state index is 13.2. The molecule has 1 aromatic carbocycles. The number of carbonyl (C=O) groups excluding carboxylic acids is 2. The van der Waals surface area contributed by atoms with Gasteiger partial charge in [0.15, 0.2) is 0 Å². The molecule has 2 amide bonds. The molecule has 130 valence electrons. The van der Waals surface area contributed by atoms with E-state index in [9.17, 15) is 9.59 Å². The van der Waals surface area contributed by atoms with Gasteiger partial charge in [0.1, 0.15) is 0 Å². The van der Waals surface area contributed by atoms with E-state index in [1.807, 2.05) is 44.8 Å². The fourth-order valence-corrected chi connectivity index (χ4v) is 4.33. The smallest absolute Gasteiger partial charge is 0.254 e. The van der Waals surface area contributed by atoms with Crippen LogP contribution in [-0.4, -0.2) is 47.8 Å². The molecule has 0 radical (unpaired) electrons. The second-order valence-electron chi connectivity index (χ2n) is 6.90. The molecule has 2 heterocycles. The maximum Gasteiger partial charge on any atom is 0.254 e. The fourth-order valence-electron chi connectivity index (χ4n) is 3.70. The highest BCUT2D eigenvalue weighted by Gasteiger charge is 2.52. The molecule has 1 aliphatic carbocycles. The van der Waals surface area contributed by atoms with E-state index >= 15 is 0 Å². The first-order valence-electron chi connectivity index (χ1n) is 8.87. The van der Waals surface area contributed by atoms with Crippen LogP contribution in [0.15, 0.2) is 47.2 Å². The van der Waals surface area contributed by atoms with Crippen molar-refractivity contribution in [1.29, 1.82) is 0 Å². The van der Waals surface area contributed by atoms with Gasteiger partial charge >= 0.3 is 0 Å². The molecule has 4 rings (SSSR count). The molecule has 2 aromatic rings. The van der Waals surface area contributed by atoms with E-state index in [1.54, 1.807) is 0 Å². The minimum atomic E-state index is -0.312. The number of amides is 2. The molecule has 1 aliphatic heterocycles. The average Bonchev–Trinajstić information content (AvgIpc) is 3.36. The summed E-state index contributed by atoms with van der Waals surface area (Å²) in [5.74, 6) is 0.322. The highest BCUT2D eigenvalue weighted by Crippen LogP contribution is 2.49. The Bertz CT molecular complexity index is 753. The summed E-state index contributed by atoms with van der Waals surface area (Å²) >= 11 is 1.54. The monoisotopic (exact) mass is 354 g/mol. The minimum Gasteiger partial charge on any atom is -0.340 e. The first-order chi connectivity index (χ1) is 12.2. The molecule has 4 nitrogen and oxygen atoms in total. The van der Waals surface area contributed by atoms with Crippen molar-refractivity contribution in [3.63, 3.8) is 0 Å². The summed E-state index contributed by atoms with van der Waals surface area (Å²) in [4.78, 5) is 29.6. The summed E-state index contributed by atoms with van der Waals surface area (Å²) < 4.78 is 0. The van der Waals surface area contributed by atoms with Crippen LogP contribution in [-0.2, 0) is 10.2 Å². The van der Waals surface area contributed by atoms with Crippen LogP contribution in [0, 0.1) is 0 Å². The zero-order valence-corrected chi connectivity index (χ0v) is 15.0. The molecule has 5 heteroatoms. The van der Waals surface area contributed by atoms with E-state index in [0.29, 0.717) is 13.1 Å². The minimum absolute atomic E-state index is 0.0831. The molecule has 25 heavy (non-hydrogen) atoms. The Kier molecular flexibility index (Phi) is 4.34. The summed E-state index contributed by atoms with van der Waals surface area (Å²) in [6, 6.07) is 12.0. The summed E-state index contributed by atoms with van der Waals surface area (Å²) in [6.07, 6.45) is 2.71. The Morgan fingerprint density at radius 1 is 0.920 bits per heavy atom. The Balaban J connectivity index is 1.45. The van der Waals surface area contributed by atoms with Crippen molar-refractivity contribution in [1.82, 2.24) is 9.80 Å². The zero-order valence-electron chi connectivity index (χ0n) is 14.2. The molecular weight excluding hydrogens is 332 g/mol. The summed E-state index contributed by atoms with van der Waals surface area (Å²) in [6.45, 7) is 2.70. The van der Waals surface area contributed by atoms with E-state index in [1.165, 1.54) is 11.3 Å². The third kappa shape index (κ3) is 3.09. The lowest BCUT2D eigenvalue weighted by Crippen LogP contribution is -2.42. The molecule has 0 spiro atoms. The van der Waals surface area contributed by atoms with Crippen molar-refractivity contribution in [2.24, 2.45) is 0 Å². The van der Waals surface area contributed by atoms with Crippen molar-refractivity contribution < 1.29 is 9.59 Å². The Hall–Kier alpha value is -2.14. The number of hydrogen-bond acceptors (Lipinski definition) is 3. The van der Waals surface area contributed by atoms with Crippen LogP contribution in [0.1, 0.15) is 35.2 Å². The quantitative estimate of drug-likeness (QED) is 0.849. The van der Waals surface area contributed by atoms with Gasteiger partial charge in [0, 0.05) is 31.6 Å². The van der Waals surface area contributed by atoms with E-state index in [0.717, 1.165) is 43.5 Å². The van der Waals surface area contributed by atoms with Crippen molar-refractivity contribution in [2.75, 3.05) is 26.2 Å². The normalized spacial score (nSPS) is 19.4. The Morgan fingerprint density at radius 3 is 2.32 bits per heavy atom. The third-order valence-electron chi connectivity index (χ3n) is 5.32. The lowest BCUT2D eigenvalue weighted by atomic mass is 9.94. The number of hydrogen-bond donors (Lipinski definition) is 0. The number of benzene rings is 1. The SMILES string of the molecule is O=C(c1ccsc1)N1CCCN(C(=O)C2(c3ccccc3)CC2)CC1. The zero-order chi connectivity index (χ0) is 17.3. The van der Waals surface area contributed by atoms with Crippen LogP contribution in [0.3, 0.4) is 0 Å². The number of thiophene rings is 1. The standard InChI is InChI=1S/C20H22N2O2S/c23-18(16-7-14-25-15-16)21-10-4-11-22(13-12-21)19(24)20(8-9-20)17-5-2-1-3-6-17/h1-3,5-7,14-15H,4,8-13H2. The van der Waals surface area contributed by atoms with E-state index in [4.69, 9.17) is 0 Å². The highest BCUT2D eigenvalue weighted by atomic mass is 32.1. The van der Waals surface area contributed by atoms with Crippen LogP contribution in [0.25, 0.3) is 0 Å². The summed E-state index contributed by atoms with van der Waals surface area (Å²) in [5, 5.41) is 3.82. The number of nitrogens with zero attached hydrogens (tertiary/aromatic N) is 2.